The van der Waals surface area contributed by atoms with Gasteiger partial charge in [-0.25, -0.2) is 4.98 Å². The number of hydrogen-bond donors (Lipinski definition) is 0. The summed E-state index contributed by atoms with van der Waals surface area (Å²) in [5.74, 6) is 0. The minimum atomic E-state index is 0.979. The highest BCUT2D eigenvalue weighted by Crippen LogP contribution is 2.38. The fourth-order valence-corrected chi connectivity index (χ4v) is 6.40. The molecule has 0 bridgehead atoms. The predicted molar refractivity (Wildman–Crippen MR) is 160 cm³/mol. The summed E-state index contributed by atoms with van der Waals surface area (Å²) >= 11 is 0. The Labute approximate surface area is 217 Å². The van der Waals surface area contributed by atoms with Gasteiger partial charge in [0.1, 0.15) is 11.2 Å². The van der Waals surface area contributed by atoms with Crippen LogP contribution in [0.2, 0.25) is 0 Å². The third-order valence-corrected chi connectivity index (χ3v) is 8.06. The maximum atomic E-state index is 5.38. The number of aromatic nitrogens is 3. The fraction of sp³-hybridized carbons (Fsp3) is 0. The Balaban J connectivity index is 1.50. The lowest BCUT2D eigenvalue weighted by molar-refractivity contribution is 1.16. The van der Waals surface area contributed by atoms with Crippen molar-refractivity contribution in [3.63, 3.8) is 0 Å². The van der Waals surface area contributed by atoms with Gasteiger partial charge in [0, 0.05) is 21.8 Å². The molecule has 6 aromatic carbocycles. The minimum absolute atomic E-state index is 0.979. The van der Waals surface area contributed by atoms with Crippen LogP contribution < -0.4 is 0 Å². The normalized spacial score (nSPS) is 12.2. The summed E-state index contributed by atoms with van der Waals surface area (Å²) < 4.78 is 4.70. The predicted octanol–water partition coefficient (Wildman–Crippen LogP) is 9.04. The average Bonchev–Trinajstić information content (AvgIpc) is 3.52. The Bertz CT molecular complexity index is 2410. The zero-order valence-electron chi connectivity index (χ0n) is 20.5. The van der Waals surface area contributed by atoms with Gasteiger partial charge in [0.05, 0.1) is 11.0 Å². The quantitative estimate of drug-likeness (QED) is 0.214. The topological polar surface area (TPSA) is 22.2 Å². The molecule has 0 N–H and O–H groups in total. The number of para-hydroxylation sites is 2. The smallest absolute Gasteiger partial charge is 0.165 e. The van der Waals surface area contributed by atoms with E-state index in [9.17, 15) is 0 Å². The number of rotatable bonds is 1. The van der Waals surface area contributed by atoms with E-state index in [1.165, 1.54) is 48.6 Å². The molecular weight excluding hydrogens is 462 g/mol. The molecule has 0 amide bonds. The minimum Gasteiger partial charge on any atom is -0.293 e. The van der Waals surface area contributed by atoms with Gasteiger partial charge in [0.25, 0.3) is 0 Å². The van der Waals surface area contributed by atoms with E-state index in [4.69, 9.17) is 4.98 Å². The van der Waals surface area contributed by atoms with Gasteiger partial charge in [-0.3, -0.25) is 8.97 Å². The Morgan fingerprint density at radius 1 is 0.421 bits per heavy atom. The van der Waals surface area contributed by atoms with Gasteiger partial charge < -0.3 is 0 Å². The molecule has 3 heteroatoms. The Morgan fingerprint density at radius 2 is 1.03 bits per heavy atom. The van der Waals surface area contributed by atoms with Gasteiger partial charge in [-0.2, -0.15) is 0 Å². The highest BCUT2D eigenvalue weighted by molar-refractivity contribution is 6.17. The second-order valence-electron chi connectivity index (χ2n) is 10.1. The van der Waals surface area contributed by atoms with Crippen LogP contribution in [0.25, 0.3) is 76.6 Å². The monoisotopic (exact) mass is 483 g/mol. The van der Waals surface area contributed by atoms with Crippen LogP contribution in [0.5, 0.6) is 0 Å². The summed E-state index contributed by atoms with van der Waals surface area (Å²) in [5.41, 5.74) is 6.59. The van der Waals surface area contributed by atoms with Gasteiger partial charge in [-0.15, -0.1) is 0 Å². The Morgan fingerprint density at radius 3 is 1.87 bits per heavy atom. The molecule has 0 spiro atoms. The van der Waals surface area contributed by atoms with Crippen LogP contribution in [0.3, 0.4) is 0 Å². The van der Waals surface area contributed by atoms with Crippen LogP contribution in [0.4, 0.5) is 0 Å². The first-order valence-electron chi connectivity index (χ1n) is 13.0. The molecule has 9 aromatic rings. The number of pyridine rings is 1. The van der Waals surface area contributed by atoms with Gasteiger partial charge >= 0.3 is 0 Å². The molecule has 3 nitrogen and oxygen atoms in total. The summed E-state index contributed by atoms with van der Waals surface area (Å²) in [5, 5.41) is 9.87. The molecular formula is C35H21N3. The van der Waals surface area contributed by atoms with Crippen molar-refractivity contribution in [2.45, 2.75) is 0 Å². The van der Waals surface area contributed by atoms with Gasteiger partial charge in [0.2, 0.25) is 0 Å². The maximum Gasteiger partial charge on any atom is 0.165 e. The largest absolute Gasteiger partial charge is 0.293 e. The van der Waals surface area contributed by atoms with Crippen LogP contribution in [0, 0.1) is 0 Å². The molecule has 0 aliphatic heterocycles. The summed E-state index contributed by atoms with van der Waals surface area (Å²) in [6.07, 6.45) is 0. The Kier molecular flexibility index (Phi) is 3.79. The van der Waals surface area contributed by atoms with Crippen molar-refractivity contribution < 1.29 is 0 Å². The molecule has 0 radical (unpaired) electrons. The second-order valence-corrected chi connectivity index (χ2v) is 10.1. The molecule has 38 heavy (non-hydrogen) atoms. The first-order valence-corrected chi connectivity index (χ1v) is 13.0. The van der Waals surface area contributed by atoms with E-state index in [-0.39, 0.29) is 0 Å². The number of nitrogens with zero attached hydrogens (tertiary/aromatic N) is 3. The molecule has 0 aliphatic rings. The number of hydrogen-bond acceptors (Lipinski definition) is 1. The van der Waals surface area contributed by atoms with E-state index in [0.29, 0.717) is 0 Å². The standard InChI is InChI=1S/C35H21N3/c1-2-10-25-22(9-1)17-18-23-19-20-24(21-30(23)25)37-32-16-8-6-14-29(32)33-35(37)36-34-28-13-4-3-11-26(28)27-12-5-7-15-31(27)38(33)34/h1-21H. The number of benzene rings is 6. The van der Waals surface area contributed by atoms with E-state index < -0.39 is 0 Å². The van der Waals surface area contributed by atoms with Crippen LogP contribution in [0.15, 0.2) is 127 Å². The summed E-state index contributed by atoms with van der Waals surface area (Å²) in [6, 6.07) is 45.8. The van der Waals surface area contributed by atoms with Gasteiger partial charge in [0.15, 0.2) is 5.65 Å². The third kappa shape index (κ3) is 2.50. The molecule has 0 fully saturated rings. The molecule has 3 aromatic heterocycles. The van der Waals surface area contributed by atoms with E-state index >= 15 is 0 Å². The van der Waals surface area contributed by atoms with Crippen molar-refractivity contribution in [1.82, 2.24) is 14.0 Å². The third-order valence-electron chi connectivity index (χ3n) is 8.06. The molecule has 9 rings (SSSR count). The first kappa shape index (κ1) is 20.0. The van der Waals surface area contributed by atoms with E-state index in [0.717, 1.165) is 28.0 Å². The summed E-state index contributed by atoms with van der Waals surface area (Å²) in [7, 11) is 0. The van der Waals surface area contributed by atoms with Crippen molar-refractivity contribution in [2.24, 2.45) is 0 Å². The zero-order chi connectivity index (χ0) is 24.8. The van der Waals surface area contributed by atoms with Gasteiger partial charge in [-0.1, -0.05) is 103 Å². The summed E-state index contributed by atoms with van der Waals surface area (Å²) in [4.78, 5) is 5.38. The molecule has 0 aliphatic carbocycles. The van der Waals surface area contributed by atoms with Crippen LogP contribution in [0.1, 0.15) is 0 Å². The Hall–Kier alpha value is -5.15. The van der Waals surface area contributed by atoms with Gasteiger partial charge in [-0.05, 0) is 51.2 Å². The van der Waals surface area contributed by atoms with Crippen molar-refractivity contribution in [3.8, 4) is 5.69 Å². The highest BCUT2D eigenvalue weighted by atomic mass is 15.1. The van der Waals surface area contributed by atoms with Crippen molar-refractivity contribution in [3.05, 3.63) is 127 Å². The average molecular weight is 484 g/mol. The summed E-state index contributed by atoms with van der Waals surface area (Å²) in [6.45, 7) is 0. The van der Waals surface area contributed by atoms with E-state index in [1.807, 2.05) is 0 Å². The maximum absolute atomic E-state index is 5.38. The second kappa shape index (κ2) is 7.21. The van der Waals surface area contributed by atoms with E-state index in [1.54, 1.807) is 0 Å². The molecule has 0 unspecified atom stereocenters. The van der Waals surface area contributed by atoms with Crippen molar-refractivity contribution in [1.29, 1.82) is 0 Å². The van der Waals surface area contributed by atoms with Crippen LogP contribution >= 0.6 is 0 Å². The van der Waals surface area contributed by atoms with Crippen molar-refractivity contribution in [2.75, 3.05) is 0 Å². The lowest BCUT2D eigenvalue weighted by Gasteiger charge is -2.10. The number of imidazole rings is 1. The first-order chi connectivity index (χ1) is 18.9. The SMILES string of the molecule is c1ccc2c(c1)ccc1ccc(-n3c4ccccc4c4c3nc3c5ccccc5c5ccccc5n34)cc12. The molecule has 0 saturated heterocycles. The zero-order valence-corrected chi connectivity index (χ0v) is 20.5. The van der Waals surface area contributed by atoms with E-state index in [2.05, 4.69) is 136 Å². The fourth-order valence-electron chi connectivity index (χ4n) is 6.40. The van der Waals surface area contributed by atoms with Crippen molar-refractivity contribution >= 4 is 70.9 Å². The van der Waals surface area contributed by atoms with Crippen LogP contribution in [-0.4, -0.2) is 14.0 Å². The lowest BCUT2D eigenvalue weighted by atomic mass is 10.0. The molecule has 0 saturated carbocycles. The van der Waals surface area contributed by atoms with Crippen LogP contribution in [-0.2, 0) is 0 Å². The molecule has 176 valence electrons. The lowest BCUT2D eigenvalue weighted by Crippen LogP contribution is -1.95. The highest BCUT2D eigenvalue weighted by Gasteiger charge is 2.21. The molecule has 0 atom stereocenters. The molecule has 3 heterocycles. The number of fused-ring (bicyclic) bond motifs is 13.